The Hall–Kier alpha value is -0.860. The van der Waals surface area contributed by atoms with Crippen LogP contribution in [0.25, 0.3) is 0 Å². The highest BCUT2D eigenvalue weighted by molar-refractivity contribution is 5.23. The van der Waals surface area contributed by atoms with Crippen LogP contribution < -0.4 is 5.73 Å². The molecule has 15 heavy (non-hydrogen) atoms. The molecule has 0 aliphatic carbocycles. The van der Waals surface area contributed by atoms with Crippen LogP contribution >= 0.6 is 0 Å². The van der Waals surface area contributed by atoms with Gasteiger partial charge in [0.1, 0.15) is 0 Å². The van der Waals surface area contributed by atoms with Gasteiger partial charge in [0.05, 0.1) is 5.54 Å². The Kier molecular flexibility index (Phi) is 3.08. The topological polar surface area (TPSA) is 29.3 Å². The number of rotatable bonds is 3. The van der Waals surface area contributed by atoms with E-state index in [2.05, 4.69) is 36.1 Å². The molecule has 0 aromatic heterocycles. The average Bonchev–Trinajstić information content (AvgIpc) is 2.71. The first kappa shape index (κ1) is 10.7. The summed E-state index contributed by atoms with van der Waals surface area (Å²) in [6, 6.07) is 10.4. The van der Waals surface area contributed by atoms with Gasteiger partial charge < -0.3 is 10.6 Å². The Labute approximate surface area is 92.1 Å². The van der Waals surface area contributed by atoms with E-state index in [0.717, 1.165) is 6.54 Å². The minimum absolute atomic E-state index is 0.217. The van der Waals surface area contributed by atoms with Crippen molar-refractivity contribution in [2.45, 2.75) is 25.3 Å². The number of nitrogens with two attached hydrogens (primary N) is 1. The van der Waals surface area contributed by atoms with Gasteiger partial charge in [0.25, 0.3) is 0 Å². The second kappa shape index (κ2) is 4.33. The van der Waals surface area contributed by atoms with Crippen molar-refractivity contribution in [3.63, 3.8) is 0 Å². The first-order valence-corrected chi connectivity index (χ1v) is 5.75. The molecule has 1 saturated heterocycles. The van der Waals surface area contributed by atoms with Crippen LogP contribution in [0.5, 0.6) is 0 Å². The van der Waals surface area contributed by atoms with Crippen LogP contribution in [0.15, 0.2) is 30.3 Å². The number of nitrogens with zero attached hydrogens (tertiary/aromatic N) is 1. The van der Waals surface area contributed by atoms with Crippen LogP contribution in [0.3, 0.4) is 0 Å². The maximum atomic E-state index is 6.38. The summed E-state index contributed by atoms with van der Waals surface area (Å²) in [6.45, 7) is 5.51. The van der Waals surface area contributed by atoms with Gasteiger partial charge in [-0.25, -0.2) is 0 Å². The van der Waals surface area contributed by atoms with Crippen molar-refractivity contribution in [1.82, 2.24) is 4.90 Å². The normalized spacial score (nSPS) is 21.5. The fraction of sp³-hybridized carbons (Fsp3) is 0.538. The lowest BCUT2D eigenvalue weighted by molar-refractivity contribution is 0.261. The van der Waals surface area contributed by atoms with Gasteiger partial charge >= 0.3 is 0 Å². The molecular formula is C13H20N2. The molecule has 82 valence electrons. The van der Waals surface area contributed by atoms with Crippen LogP contribution in [-0.2, 0) is 5.54 Å². The van der Waals surface area contributed by atoms with E-state index in [4.69, 9.17) is 5.73 Å². The molecule has 1 heterocycles. The molecular weight excluding hydrogens is 184 g/mol. The van der Waals surface area contributed by atoms with E-state index in [0.29, 0.717) is 0 Å². The van der Waals surface area contributed by atoms with Crippen LogP contribution in [0, 0.1) is 0 Å². The Morgan fingerprint density at radius 2 is 1.80 bits per heavy atom. The van der Waals surface area contributed by atoms with Crippen molar-refractivity contribution in [1.29, 1.82) is 0 Å². The van der Waals surface area contributed by atoms with E-state index in [1.165, 1.54) is 31.5 Å². The van der Waals surface area contributed by atoms with Crippen molar-refractivity contribution in [3.8, 4) is 0 Å². The standard InChI is InChI=1S/C13H20N2/c1-13(14,11-15-9-5-6-10-15)12-7-3-2-4-8-12/h2-4,7-8H,5-6,9-11,14H2,1H3. The Bertz CT molecular complexity index is 300. The van der Waals surface area contributed by atoms with E-state index < -0.39 is 0 Å². The molecule has 2 rings (SSSR count). The summed E-state index contributed by atoms with van der Waals surface area (Å²) >= 11 is 0. The van der Waals surface area contributed by atoms with Crippen LogP contribution in [0.1, 0.15) is 25.3 Å². The zero-order chi connectivity index (χ0) is 10.7. The molecule has 1 aliphatic heterocycles. The number of benzene rings is 1. The molecule has 1 aromatic carbocycles. The monoisotopic (exact) mass is 204 g/mol. The third-order valence-corrected chi connectivity index (χ3v) is 3.18. The van der Waals surface area contributed by atoms with Gasteiger partial charge in [0.2, 0.25) is 0 Å². The largest absolute Gasteiger partial charge is 0.321 e. The van der Waals surface area contributed by atoms with Crippen LogP contribution in [-0.4, -0.2) is 24.5 Å². The molecule has 2 heteroatoms. The van der Waals surface area contributed by atoms with Crippen molar-refractivity contribution in [3.05, 3.63) is 35.9 Å². The van der Waals surface area contributed by atoms with E-state index in [1.807, 2.05) is 6.07 Å². The van der Waals surface area contributed by atoms with Crippen molar-refractivity contribution < 1.29 is 0 Å². The highest BCUT2D eigenvalue weighted by Crippen LogP contribution is 2.20. The number of likely N-dealkylation sites (tertiary alicyclic amines) is 1. The minimum atomic E-state index is -0.217. The summed E-state index contributed by atoms with van der Waals surface area (Å²) < 4.78 is 0. The quantitative estimate of drug-likeness (QED) is 0.815. The summed E-state index contributed by atoms with van der Waals surface area (Å²) in [7, 11) is 0. The van der Waals surface area contributed by atoms with E-state index in [9.17, 15) is 0 Å². The lowest BCUT2D eigenvalue weighted by Crippen LogP contribution is -2.44. The van der Waals surface area contributed by atoms with Crippen molar-refractivity contribution in [2.24, 2.45) is 5.73 Å². The molecule has 1 unspecified atom stereocenters. The fourth-order valence-corrected chi connectivity index (χ4v) is 2.32. The van der Waals surface area contributed by atoms with Gasteiger partial charge in [-0.2, -0.15) is 0 Å². The molecule has 0 spiro atoms. The lowest BCUT2D eigenvalue weighted by atomic mass is 9.93. The molecule has 1 atom stereocenters. The Morgan fingerprint density at radius 3 is 2.40 bits per heavy atom. The molecule has 2 N–H and O–H groups in total. The molecule has 2 nitrogen and oxygen atoms in total. The highest BCUT2D eigenvalue weighted by atomic mass is 15.2. The SMILES string of the molecule is CC(N)(CN1CCCC1)c1ccccc1. The van der Waals surface area contributed by atoms with Crippen molar-refractivity contribution >= 4 is 0 Å². The third kappa shape index (κ3) is 2.58. The van der Waals surface area contributed by atoms with Gasteiger partial charge in [0, 0.05) is 6.54 Å². The van der Waals surface area contributed by atoms with E-state index >= 15 is 0 Å². The van der Waals surface area contributed by atoms with E-state index in [1.54, 1.807) is 0 Å². The zero-order valence-electron chi connectivity index (χ0n) is 9.45. The van der Waals surface area contributed by atoms with Crippen LogP contribution in [0.2, 0.25) is 0 Å². The van der Waals surface area contributed by atoms with Gasteiger partial charge in [-0.05, 0) is 38.4 Å². The zero-order valence-corrected chi connectivity index (χ0v) is 9.45. The number of hydrogen-bond acceptors (Lipinski definition) is 2. The summed E-state index contributed by atoms with van der Waals surface area (Å²) in [5, 5.41) is 0. The number of hydrogen-bond donors (Lipinski definition) is 1. The molecule has 0 bridgehead atoms. The first-order valence-electron chi connectivity index (χ1n) is 5.75. The summed E-state index contributed by atoms with van der Waals surface area (Å²) in [5.41, 5.74) is 7.39. The van der Waals surface area contributed by atoms with Gasteiger partial charge in [-0.1, -0.05) is 30.3 Å². The Morgan fingerprint density at radius 1 is 1.20 bits per heavy atom. The van der Waals surface area contributed by atoms with Gasteiger partial charge in [-0.15, -0.1) is 0 Å². The summed E-state index contributed by atoms with van der Waals surface area (Å²) in [5.74, 6) is 0. The van der Waals surface area contributed by atoms with Crippen LogP contribution in [0.4, 0.5) is 0 Å². The fourth-order valence-electron chi connectivity index (χ4n) is 2.32. The molecule has 0 saturated carbocycles. The average molecular weight is 204 g/mol. The second-order valence-corrected chi connectivity index (χ2v) is 4.77. The van der Waals surface area contributed by atoms with Gasteiger partial charge in [-0.3, -0.25) is 0 Å². The molecule has 0 radical (unpaired) electrons. The molecule has 1 aromatic rings. The van der Waals surface area contributed by atoms with E-state index in [-0.39, 0.29) is 5.54 Å². The lowest BCUT2D eigenvalue weighted by Gasteiger charge is -2.30. The predicted molar refractivity (Wildman–Crippen MR) is 63.7 cm³/mol. The summed E-state index contributed by atoms with van der Waals surface area (Å²) in [4.78, 5) is 2.47. The first-order chi connectivity index (χ1) is 7.18. The second-order valence-electron chi connectivity index (χ2n) is 4.77. The third-order valence-electron chi connectivity index (χ3n) is 3.18. The molecule has 1 fully saturated rings. The highest BCUT2D eigenvalue weighted by Gasteiger charge is 2.25. The molecule has 1 aliphatic rings. The maximum absolute atomic E-state index is 6.38. The predicted octanol–water partition coefficient (Wildman–Crippen LogP) is 1.96. The Balaban J connectivity index is 2.05. The maximum Gasteiger partial charge on any atom is 0.0509 e. The minimum Gasteiger partial charge on any atom is -0.321 e. The van der Waals surface area contributed by atoms with Crippen molar-refractivity contribution in [2.75, 3.05) is 19.6 Å². The smallest absolute Gasteiger partial charge is 0.0509 e. The summed E-state index contributed by atoms with van der Waals surface area (Å²) in [6.07, 6.45) is 2.65. The molecule has 0 amide bonds. The van der Waals surface area contributed by atoms with Gasteiger partial charge in [0.15, 0.2) is 0 Å².